The number of piperazine rings is 1. The van der Waals surface area contributed by atoms with Crippen molar-refractivity contribution in [3.63, 3.8) is 0 Å². The minimum Gasteiger partial charge on any atom is -0.379 e. The fourth-order valence-electron chi connectivity index (χ4n) is 2.95. The number of morpholine rings is 1. The number of rotatable bonds is 4. The van der Waals surface area contributed by atoms with Gasteiger partial charge in [-0.2, -0.15) is 13.2 Å². The third-order valence-corrected chi connectivity index (χ3v) is 4.06. The second-order valence-electron chi connectivity index (χ2n) is 5.74. The molecule has 0 aliphatic carbocycles. The Hall–Kier alpha value is -0.370. The molecule has 2 aliphatic rings. The van der Waals surface area contributed by atoms with Gasteiger partial charge in [-0.05, 0) is 13.3 Å². The highest BCUT2D eigenvalue weighted by atomic mass is 19.4. The van der Waals surface area contributed by atoms with Crippen molar-refractivity contribution in [2.45, 2.75) is 31.6 Å². The number of nitrogens with zero attached hydrogens (tertiary/aromatic N) is 2. The van der Waals surface area contributed by atoms with Crippen LogP contribution < -0.4 is 5.32 Å². The fraction of sp³-hybridized carbons (Fsp3) is 1.00. The summed E-state index contributed by atoms with van der Waals surface area (Å²) in [7, 11) is 0. The van der Waals surface area contributed by atoms with Crippen molar-refractivity contribution >= 4 is 0 Å². The summed E-state index contributed by atoms with van der Waals surface area (Å²) >= 11 is 0. The topological polar surface area (TPSA) is 27.7 Å². The lowest BCUT2D eigenvalue weighted by Crippen LogP contribution is -2.53. The van der Waals surface area contributed by atoms with E-state index in [1.165, 1.54) is 4.90 Å². The Morgan fingerprint density at radius 3 is 2.50 bits per heavy atom. The van der Waals surface area contributed by atoms with Crippen molar-refractivity contribution in [2.24, 2.45) is 0 Å². The van der Waals surface area contributed by atoms with Gasteiger partial charge >= 0.3 is 6.18 Å². The fourth-order valence-corrected chi connectivity index (χ4v) is 2.95. The molecular weight excluding hydrogens is 271 g/mol. The maximum atomic E-state index is 12.3. The first-order valence-corrected chi connectivity index (χ1v) is 7.28. The van der Waals surface area contributed by atoms with Crippen LogP contribution in [0.2, 0.25) is 0 Å². The summed E-state index contributed by atoms with van der Waals surface area (Å²) in [5, 5.41) is 3.42. The lowest BCUT2D eigenvalue weighted by Gasteiger charge is -2.39. The molecule has 1 N–H and O–H groups in total. The average molecular weight is 295 g/mol. The van der Waals surface area contributed by atoms with Crippen LogP contribution in [0.5, 0.6) is 0 Å². The van der Waals surface area contributed by atoms with E-state index in [9.17, 15) is 13.2 Å². The molecule has 0 aromatic heterocycles. The van der Waals surface area contributed by atoms with Gasteiger partial charge in [0.1, 0.15) is 0 Å². The highest BCUT2D eigenvalue weighted by Crippen LogP contribution is 2.18. The van der Waals surface area contributed by atoms with E-state index in [1.54, 1.807) is 0 Å². The second kappa shape index (κ2) is 7.06. The third-order valence-electron chi connectivity index (χ3n) is 4.06. The summed E-state index contributed by atoms with van der Waals surface area (Å²) in [6.07, 6.45) is -3.10. The van der Waals surface area contributed by atoms with Gasteiger partial charge in [-0.1, -0.05) is 0 Å². The summed E-state index contributed by atoms with van der Waals surface area (Å²) in [4.78, 5) is 3.77. The molecule has 0 aromatic rings. The summed E-state index contributed by atoms with van der Waals surface area (Å²) in [5.74, 6) is 0. The molecule has 0 aromatic carbocycles. The Morgan fingerprint density at radius 2 is 1.95 bits per heavy atom. The van der Waals surface area contributed by atoms with Crippen LogP contribution in [0.3, 0.4) is 0 Å². The Labute approximate surface area is 118 Å². The summed E-state index contributed by atoms with van der Waals surface area (Å²) < 4.78 is 42.4. The van der Waals surface area contributed by atoms with Gasteiger partial charge in [-0.15, -0.1) is 0 Å². The first kappa shape index (κ1) is 16.0. The predicted octanol–water partition coefficient (Wildman–Crippen LogP) is 0.933. The van der Waals surface area contributed by atoms with E-state index in [2.05, 4.69) is 17.1 Å². The van der Waals surface area contributed by atoms with E-state index < -0.39 is 12.7 Å². The SMILES string of the molecule is CC(CC1COCCN1)N1CCN(CC(F)(F)F)CC1. The Bertz CT molecular complexity index is 287. The molecule has 7 heteroatoms. The predicted molar refractivity (Wildman–Crippen MR) is 70.8 cm³/mol. The van der Waals surface area contributed by atoms with Gasteiger partial charge in [0.2, 0.25) is 0 Å². The number of ether oxygens (including phenoxy) is 1. The van der Waals surface area contributed by atoms with Crippen molar-refractivity contribution in [3.8, 4) is 0 Å². The second-order valence-corrected chi connectivity index (χ2v) is 5.74. The Morgan fingerprint density at radius 1 is 1.25 bits per heavy atom. The zero-order chi connectivity index (χ0) is 14.6. The van der Waals surface area contributed by atoms with E-state index in [0.29, 0.717) is 38.3 Å². The van der Waals surface area contributed by atoms with Gasteiger partial charge in [0.05, 0.1) is 19.8 Å². The molecule has 4 nitrogen and oxygen atoms in total. The highest BCUT2D eigenvalue weighted by Gasteiger charge is 2.33. The third kappa shape index (κ3) is 5.20. The van der Waals surface area contributed by atoms with Crippen LogP contribution >= 0.6 is 0 Å². The van der Waals surface area contributed by atoms with Crippen LogP contribution in [-0.4, -0.2) is 80.5 Å². The molecule has 118 valence electrons. The molecule has 2 rings (SSSR count). The summed E-state index contributed by atoms with van der Waals surface area (Å²) in [6.45, 7) is 6.17. The van der Waals surface area contributed by atoms with Gasteiger partial charge in [0.25, 0.3) is 0 Å². The van der Waals surface area contributed by atoms with Crippen LogP contribution in [-0.2, 0) is 4.74 Å². The van der Waals surface area contributed by atoms with E-state index in [-0.39, 0.29) is 0 Å². The monoisotopic (exact) mass is 295 g/mol. The van der Waals surface area contributed by atoms with Gasteiger partial charge in [0.15, 0.2) is 0 Å². The smallest absolute Gasteiger partial charge is 0.379 e. The number of hydrogen-bond acceptors (Lipinski definition) is 4. The molecule has 20 heavy (non-hydrogen) atoms. The van der Waals surface area contributed by atoms with Crippen LogP contribution in [0.4, 0.5) is 13.2 Å². The molecule has 2 saturated heterocycles. The van der Waals surface area contributed by atoms with Crippen molar-refractivity contribution in [1.82, 2.24) is 15.1 Å². The maximum Gasteiger partial charge on any atom is 0.401 e. The molecule has 0 spiro atoms. The number of nitrogens with one attached hydrogen (secondary N) is 1. The Kier molecular flexibility index (Phi) is 5.65. The van der Waals surface area contributed by atoms with Gasteiger partial charge < -0.3 is 10.1 Å². The van der Waals surface area contributed by atoms with Crippen LogP contribution in [0.1, 0.15) is 13.3 Å². The number of hydrogen-bond donors (Lipinski definition) is 1. The molecule has 2 unspecified atom stereocenters. The number of alkyl halides is 3. The van der Waals surface area contributed by atoms with Crippen molar-refractivity contribution in [1.29, 1.82) is 0 Å². The number of halogens is 3. The molecule has 2 heterocycles. The largest absolute Gasteiger partial charge is 0.401 e. The maximum absolute atomic E-state index is 12.3. The molecular formula is C13H24F3N3O. The lowest BCUT2D eigenvalue weighted by molar-refractivity contribution is -0.149. The summed E-state index contributed by atoms with van der Waals surface area (Å²) in [5.41, 5.74) is 0. The first-order chi connectivity index (χ1) is 9.44. The molecule has 0 saturated carbocycles. The zero-order valence-corrected chi connectivity index (χ0v) is 12.0. The molecule has 0 bridgehead atoms. The average Bonchev–Trinajstić information content (AvgIpc) is 2.39. The van der Waals surface area contributed by atoms with Crippen LogP contribution in [0.15, 0.2) is 0 Å². The van der Waals surface area contributed by atoms with E-state index in [0.717, 1.165) is 26.2 Å². The van der Waals surface area contributed by atoms with E-state index >= 15 is 0 Å². The van der Waals surface area contributed by atoms with Crippen molar-refractivity contribution in [2.75, 3.05) is 52.5 Å². The minimum atomic E-state index is -4.09. The van der Waals surface area contributed by atoms with Gasteiger partial charge in [-0.3, -0.25) is 9.80 Å². The van der Waals surface area contributed by atoms with Crippen molar-refractivity contribution < 1.29 is 17.9 Å². The standard InChI is InChI=1S/C13H24F3N3O/c1-11(8-12-9-20-7-2-17-12)19-5-3-18(4-6-19)10-13(14,15)16/h11-12,17H,2-10H2,1H3. The first-order valence-electron chi connectivity index (χ1n) is 7.28. The molecule has 2 aliphatic heterocycles. The quantitative estimate of drug-likeness (QED) is 0.835. The molecule has 2 atom stereocenters. The normalized spacial score (nSPS) is 28.5. The van der Waals surface area contributed by atoms with E-state index in [1.807, 2.05) is 0 Å². The summed E-state index contributed by atoms with van der Waals surface area (Å²) in [6, 6.07) is 0.745. The Balaban J connectivity index is 1.69. The molecule has 0 radical (unpaired) electrons. The zero-order valence-electron chi connectivity index (χ0n) is 12.0. The lowest BCUT2D eigenvalue weighted by atomic mass is 10.1. The molecule has 2 fully saturated rings. The highest BCUT2D eigenvalue weighted by molar-refractivity contribution is 4.81. The van der Waals surface area contributed by atoms with Gasteiger partial charge in [-0.25, -0.2) is 0 Å². The van der Waals surface area contributed by atoms with E-state index in [4.69, 9.17) is 4.74 Å². The van der Waals surface area contributed by atoms with Crippen molar-refractivity contribution in [3.05, 3.63) is 0 Å². The van der Waals surface area contributed by atoms with Crippen LogP contribution in [0.25, 0.3) is 0 Å². The molecule has 0 amide bonds. The minimum absolute atomic E-state index is 0.368. The van der Waals surface area contributed by atoms with Gasteiger partial charge in [0, 0.05) is 44.8 Å². The van der Waals surface area contributed by atoms with Crippen LogP contribution in [0, 0.1) is 0 Å².